The van der Waals surface area contributed by atoms with E-state index in [1.54, 1.807) is 0 Å². The van der Waals surface area contributed by atoms with Crippen molar-refractivity contribution in [2.45, 2.75) is 221 Å². The van der Waals surface area contributed by atoms with Gasteiger partial charge in [0.15, 0.2) is 0 Å². The molecule has 90 heavy (non-hydrogen) atoms. The van der Waals surface area contributed by atoms with Gasteiger partial charge in [-0.25, -0.2) is 14.4 Å². The first-order valence-electron chi connectivity index (χ1n) is 34.0. The van der Waals surface area contributed by atoms with E-state index < -0.39 is 23.9 Å². The van der Waals surface area contributed by atoms with E-state index >= 15 is 0 Å². The number of benzene rings is 4. The predicted molar refractivity (Wildman–Crippen MR) is 359 cm³/mol. The Balaban J connectivity index is 1.92. The lowest BCUT2D eigenvalue weighted by molar-refractivity contribution is -0.146. The van der Waals surface area contributed by atoms with Crippen LogP contribution in [0.25, 0.3) is 0 Å². The summed E-state index contributed by atoms with van der Waals surface area (Å²) in [4.78, 5) is 61.4. The molecule has 1 aliphatic rings. The zero-order valence-corrected chi connectivity index (χ0v) is 55.4. The number of Topliss-reactive ketones (excluding diaryl/α,β-unsaturated/α-hetero) is 1. The van der Waals surface area contributed by atoms with E-state index in [2.05, 4.69) is 96.0 Å². The van der Waals surface area contributed by atoms with E-state index in [-0.39, 0.29) is 38.6 Å². The fraction of sp³-hybridized carbons (Fsp3) is 0.545. The first-order chi connectivity index (χ1) is 43.8. The lowest BCUT2D eigenvalue weighted by atomic mass is 9.87. The molecule has 0 amide bonds. The summed E-state index contributed by atoms with van der Waals surface area (Å²) >= 11 is 0. The number of hydrogen-bond donors (Lipinski definition) is 0. The van der Waals surface area contributed by atoms with Crippen LogP contribution in [0.5, 0.6) is 23.0 Å². The van der Waals surface area contributed by atoms with Crippen molar-refractivity contribution in [3.05, 3.63) is 153 Å². The van der Waals surface area contributed by atoms with Crippen LogP contribution in [0.1, 0.15) is 236 Å². The second-order valence-corrected chi connectivity index (χ2v) is 23.9. The van der Waals surface area contributed by atoms with Crippen molar-refractivity contribution in [3.8, 4) is 23.0 Å². The molecular weight excluding hydrogens is 1130 g/mol. The molecule has 0 N–H and O–H groups in total. The van der Waals surface area contributed by atoms with Gasteiger partial charge in [0.25, 0.3) is 0 Å². The van der Waals surface area contributed by atoms with Crippen LogP contribution >= 0.6 is 0 Å². The Morgan fingerprint density at radius 3 is 0.778 bits per heavy atom. The van der Waals surface area contributed by atoms with E-state index in [1.165, 1.54) is 25.2 Å². The average molecular weight is 1240 g/mol. The quantitative estimate of drug-likeness (QED) is 0.0119. The van der Waals surface area contributed by atoms with E-state index in [4.69, 9.17) is 37.9 Å². The van der Waals surface area contributed by atoms with Crippen molar-refractivity contribution in [2.75, 3.05) is 52.9 Å². The normalized spacial score (nSPS) is 11.7. The minimum atomic E-state index is -0.531. The SMILES string of the molecule is C=CC(=O)OCCCc1cc2c(OCCCCCC)c(c1)Cc1cc(CCCOC(=O)C=C)cc(c1OCCCCCC)Cc1cc(CCCOC(=O)CC(C)=O)cc(c1OCCCCCC)Cc1cc(CCCOC(=O)C=C)cc(c1OCCCCCC)C2. The number of ether oxygens (including phenoxy) is 8. The highest BCUT2D eigenvalue weighted by Crippen LogP contribution is 2.42. The Bertz CT molecular complexity index is 2770. The molecule has 5 rings (SSSR count). The number of carbonyl (C=O) groups excluding carboxylic acids is 5. The second kappa shape index (κ2) is 42.8. The van der Waals surface area contributed by atoms with Gasteiger partial charge in [0.1, 0.15) is 35.2 Å². The summed E-state index contributed by atoms with van der Waals surface area (Å²) in [6.45, 7) is 24.0. The van der Waals surface area contributed by atoms with Gasteiger partial charge >= 0.3 is 23.9 Å². The summed E-state index contributed by atoms with van der Waals surface area (Å²) in [5.74, 6) is 1.15. The third-order valence-electron chi connectivity index (χ3n) is 16.0. The van der Waals surface area contributed by atoms with E-state index in [9.17, 15) is 24.0 Å². The molecule has 0 aromatic heterocycles. The molecule has 13 nitrogen and oxygen atoms in total. The van der Waals surface area contributed by atoms with Crippen LogP contribution in [0.3, 0.4) is 0 Å². The molecule has 13 heteroatoms. The molecule has 492 valence electrons. The Morgan fingerprint density at radius 2 is 0.567 bits per heavy atom. The van der Waals surface area contributed by atoms with E-state index in [0.717, 1.165) is 192 Å². The summed E-state index contributed by atoms with van der Waals surface area (Å²) in [7, 11) is 0. The largest absolute Gasteiger partial charge is 0.493 e. The molecule has 0 atom stereocenters. The first-order valence-corrected chi connectivity index (χ1v) is 34.0. The zero-order chi connectivity index (χ0) is 64.7. The molecule has 8 bridgehead atoms. The minimum Gasteiger partial charge on any atom is -0.493 e. The number of aryl methyl sites for hydroxylation is 4. The molecule has 0 unspecified atom stereocenters. The smallest absolute Gasteiger partial charge is 0.330 e. The van der Waals surface area contributed by atoms with Crippen LogP contribution in [-0.4, -0.2) is 82.5 Å². The number of carbonyl (C=O) groups is 5. The van der Waals surface area contributed by atoms with Crippen LogP contribution in [0.15, 0.2) is 86.5 Å². The van der Waals surface area contributed by atoms with Crippen LogP contribution in [0.4, 0.5) is 0 Å². The van der Waals surface area contributed by atoms with Crippen molar-refractivity contribution < 1.29 is 61.9 Å². The number of fused-ring (bicyclic) bond motifs is 8. The highest BCUT2D eigenvalue weighted by molar-refractivity contribution is 5.94. The molecule has 0 saturated carbocycles. The molecule has 0 fully saturated rings. The standard InChI is InChI=1S/C77H106O13/c1-9-16-20-24-36-87-74-62-45-58(32-28-40-83-70(79)13-5)46-63(74)54-65-48-60(34-30-42-85-72(81)15-7)50-67(76(65)89-38-26-22-18-11-3)56-69-52-61(35-31-43-86-73(82)44-57(8)78)51-68(77(69)90-39-27-23-19-12-4)55-66-49-59(33-29-41-84-71(80)14-6)47-64(53-62)75(66)88-37-25-21-17-10-2/h13-15,45-52H,5-7,9-12,16-44,53-56H2,1-4,8H3. The summed E-state index contributed by atoms with van der Waals surface area (Å²) in [6, 6.07) is 18.1. The second-order valence-electron chi connectivity index (χ2n) is 23.9. The first kappa shape index (κ1) is 73.6. The summed E-state index contributed by atoms with van der Waals surface area (Å²) in [5.41, 5.74) is 12.3. The Kier molecular flexibility index (Phi) is 35.0. The van der Waals surface area contributed by atoms with Gasteiger partial charge in [-0.1, -0.05) is 173 Å². The molecule has 0 aliphatic heterocycles. The molecular formula is C77H106O13. The van der Waals surface area contributed by atoms with Gasteiger partial charge in [0.05, 0.1) is 52.9 Å². The molecule has 0 spiro atoms. The van der Waals surface area contributed by atoms with Crippen LogP contribution in [-0.2, 0) is 94.3 Å². The molecule has 4 aromatic carbocycles. The van der Waals surface area contributed by atoms with Gasteiger partial charge in [0.2, 0.25) is 0 Å². The fourth-order valence-corrected chi connectivity index (χ4v) is 11.5. The van der Waals surface area contributed by atoms with Gasteiger partial charge in [0, 0.05) is 43.9 Å². The summed E-state index contributed by atoms with van der Waals surface area (Å²) in [5, 5.41) is 0. The molecule has 1 aliphatic carbocycles. The van der Waals surface area contributed by atoms with Gasteiger partial charge in [-0.05, 0) is 151 Å². The lowest BCUT2D eigenvalue weighted by Crippen LogP contribution is -2.13. The number of esters is 4. The molecule has 0 radical (unpaired) electrons. The van der Waals surface area contributed by atoms with Gasteiger partial charge in [-0.2, -0.15) is 0 Å². The van der Waals surface area contributed by atoms with Crippen LogP contribution in [0.2, 0.25) is 0 Å². The topological polar surface area (TPSA) is 159 Å². The van der Waals surface area contributed by atoms with E-state index in [0.29, 0.717) is 103 Å². The van der Waals surface area contributed by atoms with Crippen LogP contribution < -0.4 is 18.9 Å². The Morgan fingerprint density at radius 1 is 0.333 bits per heavy atom. The fourth-order valence-electron chi connectivity index (χ4n) is 11.5. The molecule has 0 heterocycles. The molecule has 0 saturated heterocycles. The number of rotatable bonds is 45. The lowest BCUT2D eigenvalue weighted by Gasteiger charge is -2.25. The Hall–Kier alpha value is -7.15. The maximum absolute atomic E-state index is 12.6. The molecule has 4 aromatic rings. The highest BCUT2D eigenvalue weighted by Gasteiger charge is 2.26. The van der Waals surface area contributed by atoms with Gasteiger partial charge in [-0.15, -0.1) is 0 Å². The number of unbranched alkanes of at least 4 members (excludes halogenated alkanes) is 12. The van der Waals surface area contributed by atoms with E-state index in [1.807, 2.05) is 0 Å². The third kappa shape index (κ3) is 26.7. The zero-order valence-electron chi connectivity index (χ0n) is 55.4. The average Bonchev–Trinajstić information content (AvgIpc) is 1.22. The minimum absolute atomic E-state index is 0.161. The van der Waals surface area contributed by atoms with Crippen molar-refractivity contribution >= 4 is 29.7 Å². The van der Waals surface area contributed by atoms with Gasteiger partial charge in [-0.3, -0.25) is 9.59 Å². The number of hydrogen-bond acceptors (Lipinski definition) is 13. The third-order valence-corrected chi connectivity index (χ3v) is 16.0. The number of ketones is 1. The maximum Gasteiger partial charge on any atom is 0.330 e. The maximum atomic E-state index is 12.6. The summed E-state index contributed by atoms with van der Waals surface area (Å²) < 4.78 is 51.1. The predicted octanol–water partition coefficient (Wildman–Crippen LogP) is 16.6. The van der Waals surface area contributed by atoms with Crippen LogP contribution in [0, 0.1) is 0 Å². The monoisotopic (exact) mass is 1240 g/mol. The van der Waals surface area contributed by atoms with Crippen molar-refractivity contribution in [3.63, 3.8) is 0 Å². The van der Waals surface area contributed by atoms with Gasteiger partial charge < -0.3 is 37.9 Å². The highest BCUT2D eigenvalue weighted by atomic mass is 16.5. The summed E-state index contributed by atoms with van der Waals surface area (Å²) in [6.07, 6.45) is 26.4. The Labute approximate surface area is 539 Å². The van der Waals surface area contributed by atoms with Crippen molar-refractivity contribution in [1.29, 1.82) is 0 Å². The van der Waals surface area contributed by atoms with Crippen molar-refractivity contribution in [1.82, 2.24) is 0 Å². The van der Waals surface area contributed by atoms with Crippen molar-refractivity contribution in [2.24, 2.45) is 0 Å².